The Balaban J connectivity index is 2.00. The molecule has 0 aliphatic carbocycles. The molecule has 0 radical (unpaired) electrons. The highest BCUT2D eigenvalue weighted by atomic mass is 16.5. The summed E-state index contributed by atoms with van der Waals surface area (Å²) in [5.41, 5.74) is 0. The van der Waals surface area contributed by atoms with Crippen LogP contribution in [0.5, 0.6) is 5.88 Å². The van der Waals surface area contributed by atoms with Gasteiger partial charge in [-0.05, 0) is 25.5 Å². The van der Waals surface area contributed by atoms with Crippen molar-refractivity contribution in [3.8, 4) is 5.88 Å². The van der Waals surface area contributed by atoms with Crippen LogP contribution < -0.4 is 10.1 Å². The Labute approximate surface area is 106 Å². The van der Waals surface area contributed by atoms with Crippen molar-refractivity contribution in [3.05, 3.63) is 36.0 Å². The lowest BCUT2D eigenvalue weighted by molar-refractivity contribution is 0.260. The summed E-state index contributed by atoms with van der Waals surface area (Å²) in [6.45, 7) is 5.21. The maximum atomic E-state index is 5.57. The van der Waals surface area contributed by atoms with Gasteiger partial charge in [-0.25, -0.2) is 4.98 Å². The SMILES string of the molecule is CCCNc1cc(OCc2ccco2)nc(C)n1. The highest BCUT2D eigenvalue weighted by molar-refractivity contribution is 5.38. The summed E-state index contributed by atoms with van der Waals surface area (Å²) in [6.07, 6.45) is 2.67. The molecule has 96 valence electrons. The Bertz CT molecular complexity index is 483. The van der Waals surface area contributed by atoms with Crippen molar-refractivity contribution < 1.29 is 9.15 Å². The first kappa shape index (κ1) is 12.4. The van der Waals surface area contributed by atoms with Crippen molar-refractivity contribution >= 4 is 5.82 Å². The Hall–Kier alpha value is -2.04. The standard InChI is InChI=1S/C13H17N3O2/c1-3-6-14-12-8-13(16-10(2)15-12)18-9-11-5-4-7-17-11/h4-5,7-8H,3,6,9H2,1-2H3,(H,14,15,16). The molecule has 0 bridgehead atoms. The molecule has 0 amide bonds. The van der Waals surface area contributed by atoms with Crippen LogP contribution in [0.15, 0.2) is 28.9 Å². The number of rotatable bonds is 6. The van der Waals surface area contributed by atoms with E-state index >= 15 is 0 Å². The van der Waals surface area contributed by atoms with Crippen LogP contribution in [0.4, 0.5) is 5.82 Å². The summed E-state index contributed by atoms with van der Waals surface area (Å²) < 4.78 is 10.8. The second kappa shape index (κ2) is 6.05. The molecule has 5 heteroatoms. The molecule has 2 aromatic heterocycles. The number of aromatic nitrogens is 2. The molecular weight excluding hydrogens is 230 g/mol. The van der Waals surface area contributed by atoms with E-state index in [2.05, 4.69) is 22.2 Å². The maximum Gasteiger partial charge on any atom is 0.219 e. The van der Waals surface area contributed by atoms with Gasteiger partial charge in [-0.1, -0.05) is 6.92 Å². The number of hydrogen-bond acceptors (Lipinski definition) is 5. The smallest absolute Gasteiger partial charge is 0.219 e. The number of aryl methyl sites for hydroxylation is 1. The van der Waals surface area contributed by atoms with Crippen molar-refractivity contribution in [2.45, 2.75) is 26.9 Å². The molecule has 0 aliphatic heterocycles. The van der Waals surface area contributed by atoms with E-state index in [1.54, 1.807) is 12.3 Å². The number of ether oxygens (including phenoxy) is 1. The van der Waals surface area contributed by atoms with Crippen LogP contribution in [0.25, 0.3) is 0 Å². The van der Waals surface area contributed by atoms with Crippen LogP contribution in [0.3, 0.4) is 0 Å². The maximum absolute atomic E-state index is 5.57. The van der Waals surface area contributed by atoms with Gasteiger partial charge in [-0.15, -0.1) is 0 Å². The first-order valence-corrected chi connectivity index (χ1v) is 6.02. The first-order valence-electron chi connectivity index (χ1n) is 6.02. The Morgan fingerprint density at radius 3 is 3.00 bits per heavy atom. The van der Waals surface area contributed by atoms with E-state index in [0.717, 1.165) is 24.5 Å². The second-order valence-electron chi connectivity index (χ2n) is 3.93. The fourth-order valence-electron chi connectivity index (χ4n) is 1.50. The first-order chi connectivity index (χ1) is 8.78. The minimum Gasteiger partial charge on any atom is -0.469 e. The fourth-order valence-corrected chi connectivity index (χ4v) is 1.50. The Morgan fingerprint density at radius 1 is 1.39 bits per heavy atom. The molecule has 2 rings (SSSR count). The summed E-state index contributed by atoms with van der Waals surface area (Å²) in [7, 11) is 0. The molecule has 0 fully saturated rings. The lowest BCUT2D eigenvalue weighted by Crippen LogP contribution is -2.05. The number of anilines is 1. The normalized spacial score (nSPS) is 10.3. The van der Waals surface area contributed by atoms with E-state index < -0.39 is 0 Å². The van der Waals surface area contributed by atoms with Crippen molar-refractivity contribution in [2.24, 2.45) is 0 Å². The molecule has 0 spiro atoms. The molecule has 0 aliphatic rings. The molecular formula is C13H17N3O2. The topological polar surface area (TPSA) is 60.2 Å². The minimum absolute atomic E-state index is 0.372. The lowest BCUT2D eigenvalue weighted by atomic mass is 10.4. The molecule has 0 unspecified atom stereocenters. The van der Waals surface area contributed by atoms with Crippen LogP contribution in [-0.2, 0) is 6.61 Å². The summed E-state index contributed by atoms with van der Waals surface area (Å²) in [5, 5.41) is 3.21. The van der Waals surface area contributed by atoms with Gasteiger partial charge in [-0.2, -0.15) is 4.98 Å². The Morgan fingerprint density at radius 2 is 2.28 bits per heavy atom. The van der Waals surface area contributed by atoms with Crippen LogP contribution in [0, 0.1) is 6.92 Å². The van der Waals surface area contributed by atoms with Gasteiger partial charge in [0, 0.05) is 12.6 Å². The molecule has 1 N–H and O–H groups in total. The van der Waals surface area contributed by atoms with Crippen LogP contribution in [0.2, 0.25) is 0 Å². The van der Waals surface area contributed by atoms with E-state index in [0.29, 0.717) is 18.3 Å². The van der Waals surface area contributed by atoms with Crippen LogP contribution in [0.1, 0.15) is 24.9 Å². The number of furan rings is 1. The molecule has 0 saturated heterocycles. The monoisotopic (exact) mass is 247 g/mol. The highest BCUT2D eigenvalue weighted by Crippen LogP contribution is 2.15. The average Bonchev–Trinajstić information content (AvgIpc) is 2.86. The fraction of sp³-hybridized carbons (Fsp3) is 0.385. The Kier molecular flexibility index (Phi) is 4.17. The van der Waals surface area contributed by atoms with E-state index in [9.17, 15) is 0 Å². The van der Waals surface area contributed by atoms with E-state index in [-0.39, 0.29) is 0 Å². The second-order valence-corrected chi connectivity index (χ2v) is 3.93. The van der Waals surface area contributed by atoms with Crippen LogP contribution >= 0.6 is 0 Å². The molecule has 0 aromatic carbocycles. The van der Waals surface area contributed by atoms with Crippen LogP contribution in [-0.4, -0.2) is 16.5 Å². The van der Waals surface area contributed by atoms with Gasteiger partial charge in [0.1, 0.15) is 24.0 Å². The van der Waals surface area contributed by atoms with Gasteiger partial charge in [0.2, 0.25) is 5.88 Å². The zero-order chi connectivity index (χ0) is 12.8. The molecule has 5 nitrogen and oxygen atoms in total. The van der Waals surface area contributed by atoms with Gasteiger partial charge in [0.05, 0.1) is 6.26 Å². The third kappa shape index (κ3) is 3.48. The van der Waals surface area contributed by atoms with Crippen molar-refractivity contribution in [1.29, 1.82) is 0 Å². The minimum atomic E-state index is 0.372. The van der Waals surface area contributed by atoms with Crippen molar-refractivity contribution in [3.63, 3.8) is 0 Å². The lowest BCUT2D eigenvalue weighted by Gasteiger charge is -2.08. The molecule has 2 aromatic rings. The van der Waals surface area contributed by atoms with Gasteiger partial charge in [-0.3, -0.25) is 0 Å². The molecule has 0 saturated carbocycles. The quantitative estimate of drug-likeness (QED) is 0.850. The number of nitrogens with zero attached hydrogens (tertiary/aromatic N) is 2. The van der Waals surface area contributed by atoms with Gasteiger partial charge < -0.3 is 14.5 Å². The molecule has 2 heterocycles. The summed E-state index contributed by atoms with van der Waals surface area (Å²) in [6, 6.07) is 5.49. The zero-order valence-corrected chi connectivity index (χ0v) is 10.6. The number of nitrogens with one attached hydrogen (secondary N) is 1. The predicted molar refractivity (Wildman–Crippen MR) is 68.6 cm³/mol. The molecule has 0 atom stereocenters. The largest absolute Gasteiger partial charge is 0.469 e. The third-order valence-corrected chi connectivity index (χ3v) is 2.31. The predicted octanol–water partition coefficient (Wildman–Crippen LogP) is 2.78. The summed E-state index contributed by atoms with van der Waals surface area (Å²) in [4.78, 5) is 8.52. The zero-order valence-electron chi connectivity index (χ0n) is 10.6. The van der Waals surface area contributed by atoms with E-state index in [4.69, 9.17) is 9.15 Å². The summed E-state index contributed by atoms with van der Waals surface area (Å²) in [5.74, 6) is 2.80. The van der Waals surface area contributed by atoms with E-state index in [1.807, 2.05) is 19.1 Å². The third-order valence-electron chi connectivity index (χ3n) is 2.31. The van der Waals surface area contributed by atoms with E-state index in [1.165, 1.54) is 0 Å². The number of hydrogen-bond donors (Lipinski definition) is 1. The van der Waals surface area contributed by atoms with Gasteiger partial charge >= 0.3 is 0 Å². The highest BCUT2D eigenvalue weighted by Gasteiger charge is 2.04. The van der Waals surface area contributed by atoms with Crippen molar-refractivity contribution in [1.82, 2.24) is 9.97 Å². The van der Waals surface area contributed by atoms with Gasteiger partial charge in [0.25, 0.3) is 0 Å². The van der Waals surface area contributed by atoms with Crippen molar-refractivity contribution in [2.75, 3.05) is 11.9 Å². The molecule has 18 heavy (non-hydrogen) atoms. The summed E-state index contributed by atoms with van der Waals surface area (Å²) >= 11 is 0. The van der Waals surface area contributed by atoms with Gasteiger partial charge in [0.15, 0.2) is 0 Å². The average molecular weight is 247 g/mol.